The fraction of sp³-hybridized carbons (Fsp3) is 0.778. The molecule has 0 spiro atoms. The van der Waals surface area contributed by atoms with Crippen LogP contribution in [0.1, 0.15) is 33.6 Å². The second kappa shape index (κ2) is 11.7. The molecular formula is C9H18Br2O. The molecule has 0 N–H and O–H groups in total. The van der Waals surface area contributed by atoms with Gasteiger partial charge in [-0.2, -0.15) is 0 Å². The monoisotopic (exact) mass is 300 g/mol. The predicted molar refractivity (Wildman–Crippen MR) is 63.0 cm³/mol. The molecule has 0 aromatic rings. The molecule has 0 aliphatic carbocycles. The van der Waals surface area contributed by atoms with Crippen molar-refractivity contribution in [2.24, 2.45) is 0 Å². The normalized spacial score (nSPS) is 14.1. The fourth-order valence-electron chi connectivity index (χ4n) is 0.353. The smallest absolute Gasteiger partial charge is 0.113 e. The Morgan fingerprint density at radius 3 is 1.67 bits per heavy atom. The Balaban J connectivity index is 0. The minimum absolute atomic E-state index is 0.196. The van der Waals surface area contributed by atoms with Gasteiger partial charge < -0.3 is 4.74 Å². The molecule has 0 saturated heterocycles. The van der Waals surface area contributed by atoms with Gasteiger partial charge in [0.2, 0.25) is 0 Å². The third kappa shape index (κ3) is 13.3. The first-order valence-electron chi connectivity index (χ1n) is 4.12. The lowest BCUT2D eigenvalue weighted by atomic mass is 10.5. The van der Waals surface area contributed by atoms with E-state index >= 15 is 0 Å². The molecule has 0 aromatic heterocycles. The molecule has 0 aliphatic rings. The van der Waals surface area contributed by atoms with E-state index in [0.29, 0.717) is 0 Å². The van der Waals surface area contributed by atoms with Crippen LogP contribution in [0.25, 0.3) is 0 Å². The molecule has 2 unspecified atom stereocenters. The summed E-state index contributed by atoms with van der Waals surface area (Å²) in [6, 6.07) is 0. The van der Waals surface area contributed by atoms with Crippen LogP contribution in [0.3, 0.4) is 0 Å². The van der Waals surface area contributed by atoms with E-state index in [1.807, 2.05) is 6.92 Å². The number of rotatable bonds is 4. The highest BCUT2D eigenvalue weighted by molar-refractivity contribution is 9.10. The average molecular weight is 302 g/mol. The van der Waals surface area contributed by atoms with E-state index in [0.717, 1.165) is 12.8 Å². The van der Waals surface area contributed by atoms with Crippen LogP contribution in [0.2, 0.25) is 0 Å². The molecule has 0 rings (SSSR count). The van der Waals surface area contributed by atoms with Gasteiger partial charge in [0, 0.05) is 0 Å². The van der Waals surface area contributed by atoms with Gasteiger partial charge >= 0.3 is 0 Å². The molecule has 2 atom stereocenters. The van der Waals surface area contributed by atoms with Gasteiger partial charge in [-0.15, -0.1) is 6.58 Å². The maximum Gasteiger partial charge on any atom is 0.113 e. The van der Waals surface area contributed by atoms with Crippen molar-refractivity contribution in [3.05, 3.63) is 12.7 Å². The lowest BCUT2D eigenvalue weighted by Gasteiger charge is -2.12. The summed E-state index contributed by atoms with van der Waals surface area (Å²) in [5.74, 6) is 0. The Bertz CT molecular complexity index is 88.5. The van der Waals surface area contributed by atoms with Crippen LogP contribution >= 0.6 is 31.9 Å². The van der Waals surface area contributed by atoms with Gasteiger partial charge in [0.25, 0.3) is 0 Å². The first kappa shape index (κ1) is 15.1. The molecule has 0 aliphatic heterocycles. The molecule has 12 heavy (non-hydrogen) atoms. The molecule has 0 saturated carbocycles. The second-order valence-corrected chi connectivity index (χ2v) is 4.22. The van der Waals surface area contributed by atoms with Crippen LogP contribution in [-0.2, 0) is 4.74 Å². The van der Waals surface area contributed by atoms with Gasteiger partial charge in [0.1, 0.15) is 10.0 Å². The van der Waals surface area contributed by atoms with Gasteiger partial charge in [-0.25, -0.2) is 0 Å². The quantitative estimate of drug-likeness (QED) is 0.550. The summed E-state index contributed by atoms with van der Waals surface area (Å²) >= 11 is 6.73. The first-order valence-corrected chi connectivity index (χ1v) is 5.96. The van der Waals surface area contributed by atoms with Crippen molar-refractivity contribution in [3.8, 4) is 0 Å². The molecule has 0 bridgehead atoms. The Morgan fingerprint density at radius 1 is 1.25 bits per heavy atom. The molecule has 3 heteroatoms. The SMILES string of the molecule is C=CC.CCC(Br)OC(Br)CC. The van der Waals surface area contributed by atoms with Crippen LogP contribution in [0.5, 0.6) is 0 Å². The second-order valence-electron chi connectivity index (χ2n) is 2.18. The first-order chi connectivity index (χ1) is 5.62. The van der Waals surface area contributed by atoms with Crippen LogP contribution < -0.4 is 0 Å². The van der Waals surface area contributed by atoms with Crippen LogP contribution in [0, 0.1) is 0 Å². The summed E-state index contributed by atoms with van der Waals surface area (Å²) in [7, 11) is 0. The number of ether oxygens (including phenoxy) is 1. The van der Waals surface area contributed by atoms with Crippen molar-refractivity contribution in [3.63, 3.8) is 0 Å². The predicted octanol–water partition coefficient (Wildman–Crippen LogP) is 4.46. The Kier molecular flexibility index (Phi) is 14.7. The molecule has 0 fully saturated rings. The minimum atomic E-state index is 0.196. The van der Waals surface area contributed by atoms with Gasteiger partial charge in [-0.3, -0.25) is 0 Å². The Hall–Kier alpha value is 0.660. The topological polar surface area (TPSA) is 9.23 Å². The van der Waals surface area contributed by atoms with Gasteiger partial charge in [0.15, 0.2) is 0 Å². The Morgan fingerprint density at radius 2 is 1.50 bits per heavy atom. The summed E-state index contributed by atoms with van der Waals surface area (Å²) in [6.45, 7) is 9.41. The lowest BCUT2D eigenvalue weighted by molar-refractivity contribution is 0.0960. The van der Waals surface area contributed by atoms with E-state index in [1.54, 1.807) is 6.08 Å². The van der Waals surface area contributed by atoms with Gasteiger partial charge in [-0.1, -0.05) is 51.8 Å². The van der Waals surface area contributed by atoms with Crippen molar-refractivity contribution in [2.75, 3.05) is 0 Å². The van der Waals surface area contributed by atoms with E-state index < -0.39 is 0 Å². The van der Waals surface area contributed by atoms with Crippen LogP contribution in [0.4, 0.5) is 0 Å². The largest absolute Gasteiger partial charge is 0.353 e. The van der Waals surface area contributed by atoms with Crippen molar-refractivity contribution in [2.45, 2.75) is 43.6 Å². The van der Waals surface area contributed by atoms with Crippen molar-refractivity contribution in [1.29, 1.82) is 0 Å². The zero-order valence-electron chi connectivity index (χ0n) is 8.02. The maximum absolute atomic E-state index is 5.38. The third-order valence-corrected chi connectivity index (χ3v) is 2.66. The standard InChI is InChI=1S/C6H12Br2O.C3H6/c1-3-5(7)9-6(8)4-2;1-3-2/h5-6H,3-4H2,1-2H3;3H,1H2,2H3. The maximum atomic E-state index is 5.38. The highest BCUT2D eigenvalue weighted by Crippen LogP contribution is 2.15. The molecule has 1 nitrogen and oxygen atoms in total. The minimum Gasteiger partial charge on any atom is -0.353 e. The van der Waals surface area contributed by atoms with E-state index in [4.69, 9.17) is 4.74 Å². The Labute approximate surface area is 92.8 Å². The number of hydrogen-bond donors (Lipinski definition) is 0. The highest BCUT2D eigenvalue weighted by Gasteiger charge is 2.05. The summed E-state index contributed by atoms with van der Waals surface area (Å²) in [5, 5.41) is 0.392. The summed E-state index contributed by atoms with van der Waals surface area (Å²) in [6.07, 6.45) is 3.75. The molecule has 0 aromatic carbocycles. The summed E-state index contributed by atoms with van der Waals surface area (Å²) < 4.78 is 5.38. The average Bonchev–Trinajstić information content (AvgIpc) is 2.05. The zero-order chi connectivity index (χ0) is 9.98. The van der Waals surface area contributed by atoms with Crippen LogP contribution in [0.15, 0.2) is 12.7 Å². The van der Waals surface area contributed by atoms with Crippen molar-refractivity contribution < 1.29 is 4.74 Å². The van der Waals surface area contributed by atoms with Gasteiger partial charge in [-0.05, 0) is 19.8 Å². The number of halogens is 2. The molecule has 0 amide bonds. The number of hydrogen-bond acceptors (Lipinski definition) is 1. The third-order valence-electron chi connectivity index (χ3n) is 0.937. The molecular weight excluding hydrogens is 284 g/mol. The molecule has 74 valence electrons. The summed E-state index contributed by atoms with van der Waals surface area (Å²) in [5.41, 5.74) is 0. The van der Waals surface area contributed by atoms with E-state index in [-0.39, 0.29) is 10.0 Å². The molecule has 0 heterocycles. The number of allylic oxidation sites excluding steroid dienone is 1. The van der Waals surface area contributed by atoms with Crippen LogP contribution in [-0.4, -0.2) is 10.0 Å². The van der Waals surface area contributed by atoms with E-state index in [9.17, 15) is 0 Å². The summed E-state index contributed by atoms with van der Waals surface area (Å²) in [4.78, 5) is 0. The van der Waals surface area contributed by atoms with E-state index in [1.165, 1.54) is 0 Å². The van der Waals surface area contributed by atoms with Crippen molar-refractivity contribution in [1.82, 2.24) is 0 Å². The fourth-order valence-corrected chi connectivity index (χ4v) is 1.16. The molecule has 0 radical (unpaired) electrons. The zero-order valence-corrected chi connectivity index (χ0v) is 11.2. The van der Waals surface area contributed by atoms with Gasteiger partial charge in [0.05, 0.1) is 0 Å². The van der Waals surface area contributed by atoms with Crippen molar-refractivity contribution >= 4 is 31.9 Å². The van der Waals surface area contributed by atoms with E-state index in [2.05, 4.69) is 52.3 Å². The highest BCUT2D eigenvalue weighted by atomic mass is 79.9. The lowest BCUT2D eigenvalue weighted by Crippen LogP contribution is -2.09. The number of alkyl halides is 2.